The molecule has 0 radical (unpaired) electrons. The van der Waals surface area contributed by atoms with Crippen molar-refractivity contribution < 1.29 is 28.9 Å². The molecule has 1 amide bonds. The zero-order valence-electron chi connectivity index (χ0n) is 15.9. The molecule has 0 aliphatic rings. The summed E-state index contributed by atoms with van der Waals surface area (Å²) in [6, 6.07) is 8.42. The average molecular weight is 388 g/mol. The lowest BCUT2D eigenvalue weighted by atomic mass is 10.2. The molecule has 8 heteroatoms. The van der Waals surface area contributed by atoms with Crippen molar-refractivity contribution in [3.63, 3.8) is 0 Å². The molecular weight excluding hydrogens is 364 g/mol. The van der Waals surface area contributed by atoms with Crippen LogP contribution in [0.3, 0.4) is 0 Å². The number of benzene rings is 1. The summed E-state index contributed by atoms with van der Waals surface area (Å²) in [6.45, 7) is 2.83. The van der Waals surface area contributed by atoms with Gasteiger partial charge in [-0.05, 0) is 30.7 Å². The molecule has 2 aromatic rings. The Morgan fingerprint density at radius 2 is 1.89 bits per heavy atom. The maximum absolute atomic E-state index is 12.4. The van der Waals surface area contributed by atoms with E-state index in [1.54, 1.807) is 24.3 Å². The van der Waals surface area contributed by atoms with Crippen LogP contribution in [0.2, 0.25) is 0 Å². The fourth-order valence-corrected chi connectivity index (χ4v) is 2.42. The van der Waals surface area contributed by atoms with Gasteiger partial charge in [-0.2, -0.15) is 0 Å². The zero-order valence-corrected chi connectivity index (χ0v) is 15.9. The number of unbranched alkanes of at least 4 members (excludes halogenated alkanes) is 3. The third-order valence-corrected chi connectivity index (χ3v) is 3.86. The van der Waals surface area contributed by atoms with Crippen LogP contribution in [0.25, 0.3) is 0 Å². The van der Waals surface area contributed by atoms with Gasteiger partial charge in [-0.15, -0.1) is 0 Å². The van der Waals surface area contributed by atoms with E-state index < -0.39 is 12.1 Å². The molecule has 0 fully saturated rings. The minimum atomic E-state index is -1.52. The number of aromatic nitrogens is 1. The highest BCUT2D eigenvalue weighted by Gasteiger charge is 2.15. The first-order chi connectivity index (χ1) is 13.5. The molecule has 8 nitrogen and oxygen atoms in total. The highest BCUT2D eigenvalue weighted by atomic mass is 16.7. The SMILES string of the molecule is CCCCCCOc1ccc(NC(=O)c2cnc(OC(=O)O)c(OC)c2)cc1. The van der Waals surface area contributed by atoms with Crippen molar-refractivity contribution in [3.05, 3.63) is 42.1 Å². The van der Waals surface area contributed by atoms with E-state index in [1.165, 1.54) is 32.2 Å². The molecule has 0 aliphatic carbocycles. The van der Waals surface area contributed by atoms with E-state index >= 15 is 0 Å². The smallest absolute Gasteiger partial charge is 0.494 e. The third kappa shape index (κ3) is 6.46. The summed E-state index contributed by atoms with van der Waals surface area (Å²) in [5.41, 5.74) is 0.791. The second-order valence-corrected chi connectivity index (χ2v) is 5.99. The summed E-state index contributed by atoms with van der Waals surface area (Å²) >= 11 is 0. The standard InChI is InChI=1S/C20H24N2O6/c1-3-4-5-6-11-27-16-9-7-15(8-10-16)22-18(23)14-12-17(26-2)19(21-13-14)28-20(24)25/h7-10,12-13H,3-6,11H2,1-2H3,(H,22,23)(H,24,25). The summed E-state index contributed by atoms with van der Waals surface area (Å²) in [5, 5.41) is 11.4. The van der Waals surface area contributed by atoms with Crippen molar-refractivity contribution in [3.8, 4) is 17.4 Å². The number of carboxylic acid groups (broad SMARTS) is 1. The van der Waals surface area contributed by atoms with Gasteiger partial charge in [0.2, 0.25) is 0 Å². The molecule has 0 unspecified atom stereocenters. The summed E-state index contributed by atoms with van der Waals surface area (Å²) in [4.78, 5) is 26.8. The van der Waals surface area contributed by atoms with Crippen LogP contribution >= 0.6 is 0 Å². The Bertz CT molecular complexity index is 792. The number of hydrogen-bond donors (Lipinski definition) is 2. The van der Waals surface area contributed by atoms with Crippen molar-refractivity contribution in [2.24, 2.45) is 0 Å². The zero-order chi connectivity index (χ0) is 20.4. The van der Waals surface area contributed by atoms with Gasteiger partial charge in [0, 0.05) is 18.0 Å². The van der Waals surface area contributed by atoms with Crippen LogP contribution in [0.15, 0.2) is 36.5 Å². The third-order valence-electron chi connectivity index (χ3n) is 3.86. The van der Waals surface area contributed by atoms with Crippen LogP contribution < -0.4 is 19.5 Å². The van der Waals surface area contributed by atoms with Gasteiger partial charge < -0.3 is 24.6 Å². The molecule has 0 saturated heterocycles. The van der Waals surface area contributed by atoms with Gasteiger partial charge in [0.15, 0.2) is 5.75 Å². The first-order valence-electron chi connectivity index (χ1n) is 9.02. The Morgan fingerprint density at radius 3 is 2.54 bits per heavy atom. The van der Waals surface area contributed by atoms with Gasteiger partial charge in [0.25, 0.3) is 11.8 Å². The van der Waals surface area contributed by atoms with Crippen LogP contribution in [0.1, 0.15) is 43.0 Å². The lowest BCUT2D eigenvalue weighted by Crippen LogP contribution is -2.13. The average Bonchev–Trinajstić information content (AvgIpc) is 2.69. The number of amides is 1. The summed E-state index contributed by atoms with van der Waals surface area (Å²) in [7, 11) is 1.33. The number of ether oxygens (including phenoxy) is 3. The number of anilines is 1. The van der Waals surface area contributed by atoms with E-state index in [1.807, 2.05) is 0 Å². The molecule has 1 aromatic heterocycles. The molecule has 28 heavy (non-hydrogen) atoms. The minimum Gasteiger partial charge on any atom is -0.494 e. The number of pyridine rings is 1. The Kier molecular flexibility index (Phi) is 8.08. The Hall–Kier alpha value is -3.29. The molecule has 2 rings (SSSR count). The number of hydrogen-bond acceptors (Lipinski definition) is 6. The number of carbonyl (C=O) groups excluding carboxylic acids is 1. The lowest BCUT2D eigenvalue weighted by molar-refractivity contribution is 0.102. The monoisotopic (exact) mass is 388 g/mol. The van der Waals surface area contributed by atoms with Crippen molar-refractivity contribution in [2.75, 3.05) is 19.0 Å². The van der Waals surface area contributed by atoms with Gasteiger partial charge in [-0.3, -0.25) is 4.79 Å². The number of methoxy groups -OCH3 is 1. The van der Waals surface area contributed by atoms with E-state index in [0.29, 0.717) is 12.3 Å². The predicted octanol–water partition coefficient (Wildman–Crippen LogP) is 4.36. The number of nitrogens with one attached hydrogen (secondary N) is 1. The van der Waals surface area contributed by atoms with Gasteiger partial charge >= 0.3 is 6.16 Å². The van der Waals surface area contributed by atoms with Crippen LogP contribution in [0.5, 0.6) is 17.4 Å². The van der Waals surface area contributed by atoms with Crippen LogP contribution in [0.4, 0.5) is 10.5 Å². The van der Waals surface area contributed by atoms with Crippen molar-refractivity contribution >= 4 is 17.7 Å². The van der Waals surface area contributed by atoms with E-state index in [-0.39, 0.29) is 17.2 Å². The highest BCUT2D eigenvalue weighted by Crippen LogP contribution is 2.26. The largest absolute Gasteiger partial charge is 0.512 e. The fourth-order valence-electron chi connectivity index (χ4n) is 2.42. The van der Waals surface area contributed by atoms with Gasteiger partial charge in [0.05, 0.1) is 19.3 Å². The summed E-state index contributed by atoms with van der Waals surface area (Å²) in [5.74, 6) is 0.141. The molecule has 0 spiro atoms. The number of carbonyl (C=O) groups is 2. The van der Waals surface area contributed by atoms with Crippen molar-refractivity contribution in [1.82, 2.24) is 4.98 Å². The van der Waals surface area contributed by atoms with Crippen LogP contribution in [-0.2, 0) is 0 Å². The minimum absolute atomic E-state index is 0.0434. The van der Waals surface area contributed by atoms with E-state index in [2.05, 4.69) is 22.0 Å². The molecule has 0 aliphatic heterocycles. The second-order valence-electron chi connectivity index (χ2n) is 5.99. The summed E-state index contributed by atoms with van der Waals surface area (Å²) in [6.07, 6.45) is 4.25. The Morgan fingerprint density at radius 1 is 1.14 bits per heavy atom. The number of rotatable bonds is 10. The number of nitrogens with zero attached hydrogens (tertiary/aromatic N) is 1. The van der Waals surface area contributed by atoms with Gasteiger partial charge in [0.1, 0.15) is 5.75 Å². The topological polar surface area (TPSA) is 107 Å². The lowest BCUT2D eigenvalue weighted by Gasteiger charge is -2.10. The molecular formula is C20H24N2O6. The van der Waals surface area contributed by atoms with Crippen LogP contribution in [0, 0.1) is 0 Å². The second kappa shape index (κ2) is 10.8. The van der Waals surface area contributed by atoms with Crippen molar-refractivity contribution in [1.29, 1.82) is 0 Å². The molecule has 1 heterocycles. The maximum atomic E-state index is 12.4. The molecule has 0 atom stereocenters. The first kappa shape index (κ1) is 21.0. The van der Waals surface area contributed by atoms with E-state index in [0.717, 1.165) is 18.6 Å². The highest BCUT2D eigenvalue weighted by molar-refractivity contribution is 6.04. The summed E-state index contributed by atoms with van der Waals surface area (Å²) < 4.78 is 15.2. The Labute approximate surface area is 163 Å². The normalized spacial score (nSPS) is 10.2. The van der Waals surface area contributed by atoms with Gasteiger partial charge in [-0.25, -0.2) is 9.78 Å². The quantitative estimate of drug-likeness (QED) is 0.460. The Balaban J connectivity index is 1.94. The molecule has 150 valence electrons. The molecule has 0 saturated carbocycles. The molecule has 1 aromatic carbocycles. The van der Waals surface area contributed by atoms with E-state index in [4.69, 9.17) is 14.6 Å². The van der Waals surface area contributed by atoms with E-state index in [9.17, 15) is 9.59 Å². The molecule has 2 N–H and O–H groups in total. The maximum Gasteiger partial charge on any atom is 0.512 e. The first-order valence-corrected chi connectivity index (χ1v) is 9.02. The van der Waals surface area contributed by atoms with Crippen molar-refractivity contribution in [2.45, 2.75) is 32.6 Å². The predicted molar refractivity (Wildman–Crippen MR) is 103 cm³/mol. The fraction of sp³-hybridized carbons (Fsp3) is 0.350. The molecule has 0 bridgehead atoms. The van der Waals surface area contributed by atoms with Gasteiger partial charge in [-0.1, -0.05) is 26.2 Å². The van der Waals surface area contributed by atoms with Crippen LogP contribution in [-0.4, -0.2) is 35.9 Å².